The molecule has 1 aromatic heterocycles. The van der Waals surface area contributed by atoms with Crippen LogP contribution in [0.25, 0.3) is 0 Å². The van der Waals surface area contributed by atoms with E-state index in [2.05, 4.69) is 30.7 Å². The van der Waals surface area contributed by atoms with Crippen LogP contribution in [-0.4, -0.2) is 29.3 Å². The summed E-state index contributed by atoms with van der Waals surface area (Å²) >= 11 is 0. The van der Waals surface area contributed by atoms with Crippen molar-refractivity contribution in [2.45, 2.75) is 27.2 Å². The van der Waals surface area contributed by atoms with Crippen LogP contribution in [0.1, 0.15) is 48.1 Å². The molecule has 0 bridgehead atoms. The van der Waals surface area contributed by atoms with Gasteiger partial charge in [-0.1, -0.05) is 26.7 Å². The summed E-state index contributed by atoms with van der Waals surface area (Å²) in [5, 5.41) is 9.17. The number of fused-ring (bicyclic) bond motifs is 1. The van der Waals surface area contributed by atoms with Crippen molar-refractivity contribution < 1.29 is 19.4 Å². The van der Waals surface area contributed by atoms with Gasteiger partial charge in [0.1, 0.15) is 5.69 Å². The third kappa shape index (κ3) is 3.97. The fourth-order valence-corrected chi connectivity index (χ4v) is 2.58. The highest BCUT2D eigenvalue weighted by Gasteiger charge is 2.25. The molecule has 5 heteroatoms. The summed E-state index contributed by atoms with van der Waals surface area (Å²) in [6.07, 6.45) is 0.539. The molecule has 2 aromatic rings. The van der Waals surface area contributed by atoms with Gasteiger partial charge in [-0.25, -0.2) is 9.78 Å². The predicted octanol–water partition coefficient (Wildman–Crippen LogP) is 3.54. The van der Waals surface area contributed by atoms with Gasteiger partial charge >= 0.3 is 5.97 Å². The molecule has 134 valence electrons. The van der Waals surface area contributed by atoms with E-state index in [0.29, 0.717) is 36.8 Å². The number of benzene rings is 1. The number of carboxylic acid groups (broad SMARTS) is 1. The van der Waals surface area contributed by atoms with E-state index in [1.807, 2.05) is 25.1 Å². The maximum Gasteiger partial charge on any atom is 0.337 e. The lowest BCUT2D eigenvalue weighted by Gasteiger charge is -2.19. The van der Waals surface area contributed by atoms with Crippen LogP contribution in [0, 0.1) is 17.3 Å². The molecule has 0 aliphatic carbocycles. The Bertz CT molecular complexity index is 906. The van der Waals surface area contributed by atoms with E-state index in [9.17, 15) is 4.79 Å². The predicted molar refractivity (Wildman–Crippen MR) is 97.8 cm³/mol. The zero-order valence-corrected chi connectivity index (χ0v) is 15.1. The standard InChI is InChI=1S/C21H21NO4/c1-4-17-16(20(23)24)9-8-15(22-17)7-5-14-6-10-18-19(11-14)26-13-21(2,3)12-25-18/h6,8-11H,4,12-13H2,1-3H3,(H,23,24). The maximum absolute atomic E-state index is 11.2. The van der Waals surface area contributed by atoms with E-state index < -0.39 is 5.97 Å². The first-order chi connectivity index (χ1) is 12.4. The second-order valence-electron chi connectivity index (χ2n) is 7.00. The highest BCUT2D eigenvalue weighted by Crippen LogP contribution is 2.34. The van der Waals surface area contributed by atoms with Gasteiger partial charge in [-0.15, -0.1) is 0 Å². The number of hydrogen-bond acceptors (Lipinski definition) is 4. The first-order valence-corrected chi connectivity index (χ1v) is 8.53. The zero-order chi connectivity index (χ0) is 18.7. The van der Waals surface area contributed by atoms with Crippen molar-refractivity contribution >= 4 is 5.97 Å². The van der Waals surface area contributed by atoms with Gasteiger partial charge in [-0.05, 0) is 42.7 Å². The number of ether oxygens (including phenoxy) is 2. The van der Waals surface area contributed by atoms with Gasteiger partial charge in [-0.2, -0.15) is 0 Å². The number of aromatic carboxylic acids is 1. The summed E-state index contributed by atoms with van der Waals surface area (Å²) in [6.45, 7) is 7.24. The Balaban J connectivity index is 1.85. The minimum Gasteiger partial charge on any atom is -0.489 e. The molecule has 3 rings (SSSR count). The van der Waals surface area contributed by atoms with Gasteiger partial charge in [0.2, 0.25) is 0 Å². The van der Waals surface area contributed by atoms with Crippen molar-refractivity contribution in [2.75, 3.05) is 13.2 Å². The second kappa shape index (κ2) is 7.09. The first kappa shape index (κ1) is 17.8. The molecular weight excluding hydrogens is 330 g/mol. The Morgan fingerprint density at radius 1 is 1.15 bits per heavy atom. The van der Waals surface area contributed by atoms with Crippen LogP contribution >= 0.6 is 0 Å². The van der Waals surface area contributed by atoms with Crippen LogP contribution in [-0.2, 0) is 6.42 Å². The Morgan fingerprint density at radius 2 is 1.88 bits per heavy atom. The topological polar surface area (TPSA) is 68.7 Å². The van der Waals surface area contributed by atoms with Gasteiger partial charge in [0.05, 0.1) is 24.5 Å². The molecular formula is C21H21NO4. The number of carbonyl (C=O) groups is 1. The lowest BCUT2D eigenvalue weighted by Crippen LogP contribution is -2.26. The van der Waals surface area contributed by atoms with Crippen LogP contribution in [0.3, 0.4) is 0 Å². The van der Waals surface area contributed by atoms with Crippen molar-refractivity contribution in [3.8, 4) is 23.3 Å². The fourth-order valence-electron chi connectivity index (χ4n) is 2.58. The SMILES string of the molecule is CCc1nc(C#Cc2ccc3c(c2)OCC(C)(C)CO3)ccc1C(=O)O. The highest BCUT2D eigenvalue weighted by atomic mass is 16.5. The lowest BCUT2D eigenvalue weighted by atomic mass is 9.97. The van der Waals surface area contributed by atoms with E-state index in [0.717, 1.165) is 11.3 Å². The van der Waals surface area contributed by atoms with Crippen LogP contribution in [0.4, 0.5) is 0 Å². The molecule has 0 saturated heterocycles. The van der Waals surface area contributed by atoms with E-state index >= 15 is 0 Å². The van der Waals surface area contributed by atoms with Gasteiger partial charge in [0.25, 0.3) is 0 Å². The van der Waals surface area contributed by atoms with Gasteiger partial charge in [0.15, 0.2) is 11.5 Å². The van der Waals surface area contributed by atoms with Crippen molar-refractivity contribution in [2.24, 2.45) is 5.41 Å². The van der Waals surface area contributed by atoms with Crippen molar-refractivity contribution in [1.82, 2.24) is 4.98 Å². The lowest BCUT2D eigenvalue weighted by molar-refractivity contribution is 0.0695. The average molecular weight is 351 g/mol. The minimum absolute atomic E-state index is 0.0444. The van der Waals surface area contributed by atoms with E-state index in [1.165, 1.54) is 0 Å². The summed E-state index contributed by atoms with van der Waals surface area (Å²) in [5.74, 6) is 6.48. The molecule has 5 nitrogen and oxygen atoms in total. The van der Waals surface area contributed by atoms with Crippen LogP contribution in [0.5, 0.6) is 11.5 Å². The van der Waals surface area contributed by atoms with Crippen molar-refractivity contribution in [1.29, 1.82) is 0 Å². The number of carboxylic acids is 1. The molecule has 2 heterocycles. The number of aromatic nitrogens is 1. The third-order valence-electron chi connectivity index (χ3n) is 4.05. The first-order valence-electron chi connectivity index (χ1n) is 8.53. The van der Waals surface area contributed by atoms with Gasteiger partial charge in [-0.3, -0.25) is 0 Å². The van der Waals surface area contributed by atoms with Crippen LogP contribution in [0.2, 0.25) is 0 Å². The summed E-state index contributed by atoms with van der Waals surface area (Å²) in [6, 6.07) is 8.77. The molecule has 1 N–H and O–H groups in total. The van der Waals surface area contributed by atoms with Crippen molar-refractivity contribution in [3.05, 3.63) is 52.8 Å². The normalized spacial score (nSPS) is 14.7. The number of pyridine rings is 1. The third-order valence-corrected chi connectivity index (χ3v) is 4.05. The molecule has 0 amide bonds. The molecule has 0 spiro atoms. The minimum atomic E-state index is -0.973. The molecule has 0 atom stereocenters. The average Bonchev–Trinajstić information content (AvgIpc) is 2.78. The number of hydrogen-bond donors (Lipinski definition) is 1. The Labute approximate surface area is 153 Å². The Morgan fingerprint density at radius 3 is 2.58 bits per heavy atom. The number of rotatable bonds is 2. The summed E-state index contributed by atoms with van der Waals surface area (Å²) < 4.78 is 11.7. The smallest absolute Gasteiger partial charge is 0.337 e. The van der Waals surface area contributed by atoms with Crippen LogP contribution < -0.4 is 9.47 Å². The van der Waals surface area contributed by atoms with Gasteiger partial charge < -0.3 is 14.6 Å². The van der Waals surface area contributed by atoms with E-state index in [1.54, 1.807) is 12.1 Å². The van der Waals surface area contributed by atoms with Crippen LogP contribution in [0.15, 0.2) is 30.3 Å². The Hall–Kier alpha value is -3.00. The summed E-state index contributed by atoms with van der Waals surface area (Å²) in [5.41, 5.74) is 2.03. The monoisotopic (exact) mass is 351 g/mol. The summed E-state index contributed by atoms with van der Waals surface area (Å²) in [4.78, 5) is 15.5. The molecule has 1 aliphatic rings. The van der Waals surface area contributed by atoms with Crippen molar-refractivity contribution in [3.63, 3.8) is 0 Å². The maximum atomic E-state index is 11.2. The summed E-state index contributed by atoms with van der Waals surface area (Å²) in [7, 11) is 0. The molecule has 0 unspecified atom stereocenters. The molecule has 26 heavy (non-hydrogen) atoms. The zero-order valence-electron chi connectivity index (χ0n) is 15.1. The highest BCUT2D eigenvalue weighted by molar-refractivity contribution is 5.88. The molecule has 0 saturated carbocycles. The molecule has 1 aliphatic heterocycles. The second-order valence-corrected chi connectivity index (χ2v) is 7.00. The quantitative estimate of drug-likeness (QED) is 0.838. The number of nitrogens with zero attached hydrogens (tertiary/aromatic N) is 1. The fraction of sp³-hybridized carbons (Fsp3) is 0.333. The van der Waals surface area contributed by atoms with E-state index in [4.69, 9.17) is 14.6 Å². The van der Waals surface area contributed by atoms with E-state index in [-0.39, 0.29) is 11.0 Å². The molecule has 0 fully saturated rings. The van der Waals surface area contributed by atoms with Gasteiger partial charge in [0, 0.05) is 11.0 Å². The molecule has 1 aromatic carbocycles. The molecule has 0 radical (unpaired) electrons. The number of aryl methyl sites for hydroxylation is 1. The Kier molecular flexibility index (Phi) is 4.85. The largest absolute Gasteiger partial charge is 0.489 e.